The maximum Gasteiger partial charge on any atom is 0.0952 e. The minimum Gasteiger partial charge on any atom is -0.472 e. The number of hydrogen-bond donors (Lipinski definition) is 1. The molecule has 0 atom stereocenters. The summed E-state index contributed by atoms with van der Waals surface area (Å²) in [6.45, 7) is 1.38. The Balaban J connectivity index is 2.16. The summed E-state index contributed by atoms with van der Waals surface area (Å²) in [6, 6.07) is 8.15. The first-order valence-corrected chi connectivity index (χ1v) is 6.20. The van der Waals surface area contributed by atoms with E-state index in [1.807, 2.05) is 12.1 Å². The van der Waals surface area contributed by atoms with E-state index in [1.54, 1.807) is 12.5 Å². The summed E-state index contributed by atoms with van der Waals surface area (Å²) in [6.07, 6.45) is 3.45. The maximum absolute atomic E-state index is 5.61. The van der Waals surface area contributed by atoms with Gasteiger partial charge in [-0.25, -0.2) is 0 Å². The zero-order chi connectivity index (χ0) is 12.3. The smallest absolute Gasteiger partial charge is 0.0952 e. The molecule has 0 fully saturated rings. The van der Waals surface area contributed by atoms with Gasteiger partial charge in [0.25, 0.3) is 0 Å². The Hall–Kier alpha value is -1.26. The monoisotopic (exact) mass is 294 g/mol. The second-order valence-electron chi connectivity index (χ2n) is 3.98. The number of benzene rings is 1. The fourth-order valence-corrected chi connectivity index (χ4v) is 2.46. The molecule has 1 aromatic carbocycles. The molecule has 0 aliphatic rings. The molecule has 2 N–H and O–H groups in total. The highest BCUT2D eigenvalue weighted by molar-refractivity contribution is 9.10. The minimum atomic E-state index is 0.560. The SMILES string of the molecule is CN(Cc1ccoc1)c1ccc(CN)cc1Br. The molecule has 17 heavy (non-hydrogen) atoms. The molecule has 0 unspecified atom stereocenters. The van der Waals surface area contributed by atoms with Crippen LogP contribution in [0.25, 0.3) is 0 Å². The average Bonchev–Trinajstić information content (AvgIpc) is 2.81. The van der Waals surface area contributed by atoms with Gasteiger partial charge >= 0.3 is 0 Å². The predicted octanol–water partition coefficient (Wildman–Crippen LogP) is 3.14. The molecule has 0 aliphatic heterocycles. The third-order valence-corrected chi connectivity index (χ3v) is 3.29. The van der Waals surface area contributed by atoms with Crippen molar-refractivity contribution in [3.8, 4) is 0 Å². The van der Waals surface area contributed by atoms with Crippen LogP contribution in [0.3, 0.4) is 0 Å². The van der Waals surface area contributed by atoms with Crippen LogP contribution < -0.4 is 10.6 Å². The first-order chi connectivity index (χ1) is 8.20. The third kappa shape index (κ3) is 2.90. The average molecular weight is 295 g/mol. The molecule has 90 valence electrons. The molecule has 0 saturated heterocycles. The molecule has 1 aromatic heterocycles. The largest absolute Gasteiger partial charge is 0.472 e. The van der Waals surface area contributed by atoms with E-state index in [9.17, 15) is 0 Å². The maximum atomic E-state index is 5.61. The number of rotatable bonds is 4. The van der Waals surface area contributed by atoms with Crippen LogP contribution in [0.15, 0.2) is 45.7 Å². The molecule has 0 amide bonds. The van der Waals surface area contributed by atoms with Crippen LogP contribution in [0.2, 0.25) is 0 Å². The summed E-state index contributed by atoms with van der Waals surface area (Å²) in [5.74, 6) is 0. The fourth-order valence-electron chi connectivity index (χ4n) is 1.73. The zero-order valence-corrected chi connectivity index (χ0v) is 11.3. The van der Waals surface area contributed by atoms with Gasteiger partial charge < -0.3 is 15.1 Å². The second-order valence-corrected chi connectivity index (χ2v) is 4.83. The Labute approximate surface area is 109 Å². The van der Waals surface area contributed by atoms with Crippen molar-refractivity contribution in [2.24, 2.45) is 5.73 Å². The van der Waals surface area contributed by atoms with Crippen LogP contribution in [0.1, 0.15) is 11.1 Å². The topological polar surface area (TPSA) is 42.4 Å². The number of halogens is 1. The quantitative estimate of drug-likeness (QED) is 0.942. The Morgan fingerprint density at radius 3 is 2.71 bits per heavy atom. The van der Waals surface area contributed by atoms with Gasteiger partial charge in [-0.1, -0.05) is 6.07 Å². The van der Waals surface area contributed by atoms with E-state index >= 15 is 0 Å². The molecule has 2 rings (SSSR count). The second kappa shape index (κ2) is 5.38. The van der Waals surface area contributed by atoms with E-state index in [4.69, 9.17) is 10.2 Å². The molecule has 1 heterocycles. The number of nitrogens with two attached hydrogens (primary N) is 1. The summed E-state index contributed by atoms with van der Waals surface area (Å²) in [5, 5.41) is 0. The first-order valence-electron chi connectivity index (χ1n) is 5.41. The van der Waals surface area contributed by atoms with Crippen molar-refractivity contribution in [3.05, 3.63) is 52.4 Å². The summed E-state index contributed by atoms with van der Waals surface area (Å²) < 4.78 is 6.12. The Kier molecular flexibility index (Phi) is 3.86. The lowest BCUT2D eigenvalue weighted by Crippen LogP contribution is -2.16. The van der Waals surface area contributed by atoms with E-state index in [2.05, 4.69) is 40.0 Å². The zero-order valence-electron chi connectivity index (χ0n) is 9.69. The van der Waals surface area contributed by atoms with Crippen molar-refractivity contribution in [2.45, 2.75) is 13.1 Å². The van der Waals surface area contributed by atoms with E-state index in [0.29, 0.717) is 6.54 Å². The van der Waals surface area contributed by atoms with Gasteiger partial charge in [-0.2, -0.15) is 0 Å². The summed E-state index contributed by atoms with van der Waals surface area (Å²) in [7, 11) is 2.05. The van der Waals surface area contributed by atoms with Crippen LogP contribution in [-0.2, 0) is 13.1 Å². The lowest BCUT2D eigenvalue weighted by Gasteiger charge is -2.20. The van der Waals surface area contributed by atoms with Crippen molar-refractivity contribution in [2.75, 3.05) is 11.9 Å². The third-order valence-electron chi connectivity index (χ3n) is 2.66. The standard InChI is InChI=1S/C13H15BrN2O/c1-16(8-11-4-5-17-9-11)13-3-2-10(7-15)6-12(13)14/h2-6,9H,7-8,15H2,1H3. The number of hydrogen-bond acceptors (Lipinski definition) is 3. The normalized spacial score (nSPS) is 10.5. The molecule has 4 heteroatoms. The molecule has 0 spiro atoms. The van der Waals surface area contributed by atoms with Gasteiger partial charge in [-0.05, 0) is 39.7 Å². The van der Waals surface area contributed by atoms with E-state index in [1.165, 1.54) is 0 Å². The van der Waals surface area contributed by atoms with E-state index in [0.717, 1.165) is 27.8 Å². The van der Waals surface area contributed by atoms with Gasteiger partial charge in [0, 0.05) is 30.2 Å². The first kappa shape index (κ1) is 12.2. The molecule has 3 nitrogen and oxygen atoms in total. The van der Waals surface area contributed by atoms with Crippen LogP contribution in [0.5, 0.6) is 0 Å². The van der Waals surface area contributed by atoms with Gasteiger partial charge in [0.1, 0.15) is 0 Å². The predicted molar refractivity (Wildman–Crippen MR) is 72.8 cm³/mol. The lowest BCUT2D eigenvalue weighted by molar-refractivity contribution is 0.563. The number of furan rings is 1. The van der Waals surface area contributed by atoms with Crippen molar-refractivity contribution >= 4 is 21.6 Å². The number of nitrogens with zero attached hydrogens (tertiary/aromatic N) is 1. The lowest BCUT2D eigenvalue weighted by atomic mass is 10.2. The van der Waals surface area contributed by atoms with Crippen LogP contribution in [0.4, 0.5) is 5.69 Å². The molecule has 0 aliphatic carbocycles. The van der Waals surface area contributed by atoms with Gasteiger partial charge in [-0.15, -0.1) is 0 Å². The van der Waals surface area contributed by atoms with Gasteiger partial charge in [0.05, 0.1) is 18.2 Å². The molecular weight excluding hydrogens is 280 g/mol. The van der Waals surface area contributed by atoms with Crippen molar-refractivity contribution in [3.63, 3.8) is 0 Å². The highest BCUT2D eigenvalue weighted by Gasteiger charge is 2.07. The van der Waals surface area contributed by atoms with Gasteiger partial charge in [-0.3, -0.25) is 0 Å². The van der Waals surface area contributed by atoms with Crippen molar-refractivity contribution in [1.82, 2.24) is 0 Å². The van der Waals surface area contributed by atoms with E-state index in [-0.39, 0.29) is 0 Å². The van der Waals surface area contributed by atoms with Crippen LogP contribution >= 0.6 is 15.9 Å². The highest BCUT2D eigenvalue weighted by atomic mass is 79.9. The van der Waals surface area contributed by atoms with Gasteiger partial charge in [0.2, 0.25) is 0 Å². The molecule has 2 aromatic rings. The van der Waals surface area contributed by atoms with E-state index < -0.39 is 0 Å². The number of anilines is 1. The van der Waals surface area contributed by atoms with Gasteiger partial charge in [0.15, 0.2) is 0 Å². The summed E-state index contributed by atoms with van der Waals surface area (Å²) >= 11 is 3.57. The minimum absolute atomic E-state index is 0.560. The van der Waals surface area contributed by atoms with Crippen LogP contribution in [0, 0.1) is 0 Å². The summed E-state index contributed by atoms with van der Waals surface area (Å²) in [4.78, 5) is 2.16. The summed E-state index contributed by atoms with van der Waals surface area (Å²) in [5.41, 5.74) is 9.03. The fraction of sp³-hybridized carbons (Fsp3) is 0.231. The Morgan fingerprint density at radius 1 is 1.29 bits per heavy atom. The highest BCUT2D eigenvalue weighted by Crippen LogP contribution is 2.27. The molecule has 0 bridgehead atoms. The Bertz CT molecular complexity index is 482. The van der Waals surface area contributed by atoms with Crippen molar-refractivity contribution < 1.29 is 4.42 Å². The Morgan fingerprint density at radius 2 is 2.12 bits per heavy atom. The molecule has 0 saturated carbocycles. The van der Waals surface area contributed by atoms with Crippen LogP contribution in [-0.4, -0.2) is 7.05 Å². The van der Waals surface area contributed by atoms with Crippen molar-refractivity contribution in [1.29, 1.82) is 0 Å². The molecule has 0 radical (unpaired) electrons. The molecular formula is C13H15BrN2O.